The number of benzene rings is 1. The molecular formula is C18H22O2S. The average Bonchev–Trinajstić information content (AvgIpc) is 2.22. The van der Waals surface area contributed by atoms with Crippen molar-refractivity contribution in [2.24, 2.45) is 5.41 Å². The number of aryl methyl sites for hydroxylation is 2. The molecule has 0 aromatic heterocycles. The van der Waals surface area contributed by atoms with Gasteiger partial charge >= 0.3 is 0 Å². The predicted molar refractivity (Wildman–Crippen MR) is 86.2 cm³/mol. The van der Waals surface area contributed by atoms with Crippen LogP contribution in [0.2, 0.25) is 0 Å². The smallest absolute Gasteiger partial charge is 0.186 e. The summed E-state index contributed by atoms with van der Waals surface area (Å²) in [6.07, 6.45) is 4.94. The van der Waals surface area contributed by atoms with E-state index in [-0.39, 0.29) is 5.41 Å². The Morgan fingerprint density at radius 2 is 1.81 bits per heavy atom. The fourth-order valence-corrected chi connectivity index (χ4v) is 7.10. The average molecular weight is 302 g/mol. The molecule has 0 bridgehead atoms. The molecule has 1 heterocycles. The summed E-state index contributed by atoms with van der Waals surface area (Å²) < 4.78 is 26.4. The lowest BCUT2D eigenvalue weighted by molar-refractivity contribution is 0.391. The van der Waals surface area contributed by atoms with Crippen molar-refractivity contribution in [1.29, 1.82) is 0 Å². The molecule has 0 N–H and O–H groups in total. The number of rotatable bonds is 0. The summed E-state index contributed by atoms with van der Waals surface area (Å²) in [7, 11) is -3.33. The molecule has 0 saturated heterocycles. The summed E-state index contributed by atoms with van der Waals surface area (Å²) in [5.74, 6) is 0. The van der Waals surface area contributed by atoms with E-state index in [2.05, 4.69) is 19.9 Å². The van der Waals surface area contributed by atoms with E-state index in [1.54, 1.807) is 0 Å². The molecule has 112 valence electrons. The third kappa shape index (κ3) is 2.02. The highest BCUT2D eigenvalue weighted by Crippen LogP contribution is 2.49. The molecule has 0 spiro atoms. The summed E-state index contributed by atoms with van der Waals surface area (Å²) >= 11 is 0. The Hall–Kier alpha value is -1.35. The summed E-state index contributed by atoms with van der Waals surface area (Å²) in [6, 6.07) is 4.01. The maximum Gasteiger partial charge on any atom is 0.186 e. The topological polar surface area (TPSA) is 34.1 Å². The molecule has 2 nitrogen and oxygen atoms in total. The number of hydrogen-bond donors (Lipinski definition) is 0. The number of sulfone groups is 1. The lowest BCUT2D eigenvalue weighted by Crippen LogP contribution is -2.45. The molecule has 1 aliphatic carbocycles. The van der Waals surface area contributed by atoms with Gasteiger partial charge in [-0.3, -0.25) is 0 Å². The van der Waals surface area contributed by atoms with Crippen molar-refractivity contribution in [1.82, 2.24) is 0 Å². The third-order valence-electron chi connectivity index (χ3n) is 4.69. The highest BCUT2D eigenvalue weighted by molar-refractivity contribution is 7.92. The van der Waals surface area contributed by atoms with E-state index < -0.39 is 15.1 Å². The van der Waals surface area contributed by atoms with E-state index in [1.807, 2.05) is 39.0 Å². The number of fused-ring (bicyclic) bond motifs is 2. The highest BCUT2D eigenvalue weighted by atomic mass is 32.2. The minimum absolute atomic E-state index is 0.338. The molecule has 2 aliphatic rings. The maximum absolute atomic E-state index is 13.2. The van der Waals surface area contributed by atoms with Crippen molar-refractivity contribution < 1.29 is 8.42 Å². The van der Waals surface area contributed by atoms with E-state index in [4.69, 9.17) is 0 Å². The molecule has 0 amide bonds. The SMILES string of the molecule is CC1=C[C@]2(C)Cc3cc(C)cc(C)c3S(=O)(=O)[C@@H]2C(C)=C1. The minimum Gasteiger partial charge on any atom is -0.223 e. The van der Waals surface area contributed by atoms with Gasteiger partial charge in [-0.05, 0) is 45.2 Å². The first-order chi connectivity index (χ1) is 9.65. The molecule has 0 unspecified atom stereocenters. The Morgan fingerprint density at radius 3 is 2.48 bits per heavy atom. The van der Waals surface area contributed by atoms with Crippen LogP contribution in [0.3, 0.4) is 0 Å². The maximum atomic E-state index is 13.2. The minimum atomic E-state index is -3.33. The second-order valence-electron chi connectivity index (χ2n) is 6.95. The van der Waals surface area contributed by atoms with Crippen molar-refractivity contribution in [3.05, 3.63) is 52.1 Å². The van der Waals surface area contributed by atoms with Gasteiger partial charge in [0.05, 0.1) is 10.1 Å². The fraction of sp³-hybridized carbons (Fsp3) is 0.444. The number of hydrogen-bond acceptors (Lipinski definition) is 2. The van der Waals surface area contributed by atoms with Crippen LogP contribution < -0.4 is 0 Å². The van der Waals surface area contributed by atoms with Crippen LogP contribution in [-0.2, 0) is 16.3 Å². The zero-order valence-corrected chi connectivity index (χ0v) is 14.1. The van der Waals surface area contributed by atoms with E-state index in [0.717, 1.165) is 34.3 Å². The molecule has 21 heavy (non-hydrogen) atoms. The molecule has 0 fully saturated rings. The number of allylic oxidation sites excluding steroid dienone is 3. The lowest BCUT2D eigenvalue weighted by atomic mass is 9.73. The largest absolute Gasteiger partial charge is 0.223 e. The molecule has 1 aliphatic heterocycles. The summed E-state index contributed by atoms with van der Waals surface area (Å²) in [4.78, 5) is 0.566. The zero-order valence-electron chi connectivity index (χ0n) is 13.3. The summed E-state index contributed by atoms with van der Waals surface area (Å²) in [5.41, 5.74) is 4.77. The Kier molecular flexibility index (Phi) is 3.00. The second kappa shape index (κ2) is 4.33. The van der Waals surface area contributed by atoms with Crippen LogP contribution in [-0.4, -0.2) is 13.7 Å². The molecule has 3 heteroatoms. The van der Waals surface area contributed by atoms with Gasteiger partial charge in [0.1, 0.15) is 0 Å². The van der Waals surface area contributed by atoms with Gasteiger partial charge in [-0.1, -0.05) is 47.9 Å². The Balaban J connectivity index is 2.35. The van der Waals surface area contributed by atoms with Crippen LogP contribution >= 0.6 is 0 Å². The van der Waals surface area contributed by atoms with E-state index in [1.165, 1.54) is 0 Å². The van der Waals surface area contributed by atoms with E-state index in [9.17, 15) is 8.42 Å². The van der Waals surface area contributed by atoms with Crippen molar-refractivity contribution in [3.8, 4) is 0 Å². The third-order valence-corrected chi connectivity index (χ3v) is 7.37. The Labute approximate surface area is 127 Å². The molecule has 3 rings (SSSR count). The molecular weight excluding hydrogens is 280 g/mol. The van der Waals surface area contributed by atoms with Crippen molar-refractivity contribution in [2.75, 3.05) is 0 Å². The van der Waals surface area contributed by atoms with Crippen molar-refractivity contribution in [3.63, 3.8) is 0 Å². The standard InChI is InChI=1S/C18H22O2S/c1-11-6-13(3)16-15(8-11)10-18(5)9-12(2)7-14(4)17(18)21(16,19)20/h6-9,17H,10H2,1-5H3/t17-,18-/m1/s1. The normalized spacial score (nSPS) is 30.0. The lowest BCUT2D eigenvalue weighted by Gasteiger charge is -2.43. The molecule has 2 atom stereocenters. The molecule has 1 aromatic rings. The van der Waals surface area contributed by atoms with Crippen LogP contribution in [0.4, 0.5) is 0 Å². The van der Waals surface area contributed by atoms with Gasteiger partial charge in [0.25, 0.3) is 0 Å². The van der Waals surface area contributed by atoms with Crippen LogP contribution in [0.15, 0.2) is 40.3 Å². The van der Waals surface area contributed by atoms with Gasteiger partial charge < -0.3 is 0 Å². The highest BCUT2D eigenvalue weighted by Gasteiger charge is 2.49. The van der Waals surface area contributed by atoms with Crippen molar-refractivity contribution in [2.45, 2.75) is 51.2 Å². The fourth-order valence-electron chi connectivity index (χ4n) is 4.44. The van der Waals surface area contributed by atoms with Crippen LogP contribution in [0.1, 0.15) is 37.5 Å². The van der Waals surface area contributed by atoms with E-state index in [0.29, 0.717) is 4.90 Å². The van der Waals surface area contributed by atoms with Gasteiger partial charge in [0, 0.05) is 5.41 Å². The molecule has 0 radical (unpaired) electrons. The summed E-state index contributed by atoms with van der Waals surface area (Å²) in [5, 5.41) is -0.428. The van der Waals surface area contributed by atoms with Gasteiger partial charge in [-0.25, -0.2) is 8.42 Å². The first-order valence-electron chi connectivity index (χ1n) is 7.37. The summed E-state index contributed by atoms with van der Waals surface area (Å²) in [6.45, 7) is 10.0. The molecule has 0 saturated carbocycles. The van der Waals surface area contributed by atoms with Crippen molar-refractivity contribution >= 4 is 9.84 Å². The van der Waals surface area contributed by atoms with Gasteiger partial charge in [0.2, 0.25) is 0 Å². The Bertz CT molecular complexity index is 797. The van der Waals surface area contributed by atoms with E-state index >= 15 is 0 Å². The second-order valence-corrected chi connectivity index (χ2v) is 8.92. The monoisotopic (exact) mass is 302 g/mol. The van der Waals surface area contributed by atoms with Gasteiger partial charge in [-0.15, -0.1) is 0 Å². The van der Waals surface area contributed by atoms with Crippen LogP contribution in [0, 0.1) is 19.3 Å². The zero-order chi connectivity index (χ0) is 15.6. The molecule has 1 aromatic carbocycles. The Morgan fingerprint density at radius 1 is 1.14 bits per heavy atom. The van der Waals surface area contributed by atoms with Crippen LogP contribution in [0.5, 0.6) is 0 Å². The van der Waals surface area contributed by atoms with Gasteiger partial charge in [0.15, 0.2) is 9.84 Å². The van der Waals surface area contributed by atoms with Crippen LogP contribution in [0.25, 0.3) is 0 Å². The quantitative estimate of drug-likeness (QED) is 0.728. The van der Waals surface area contributed by atoms with Gasteiger partial charge in [-0.2, -0.15) is 0 Å². The first kappa shape index (κ1) is 14.6. The first-order valence-corrected chi connectivity index (χ1v) is 8.91. The predicted octanol–water partition coefficient (Wildman–Crippen LogP) is 3.91.